The molecule has 0 amide bonds. The number of aromatic nitrogens is 3. The Morgan fingerprint density at radius 1 is 1.27 bits per heavy atom. The van der Waals surface area contributed by atoms with Gasteiger partial charge in [0.2, 0.25) is 0 Å². The smallest absolute Gasteiger partial charge is 0.273 e. The third kappa shape index (κ3) is 2.77. The van der Waals surface area contributed by atoms with Crippen LogP contribution >= 0.6 is 11.5 Å². The Balaban J connectivity index is 2.01. The second-order valence-corrected chi connectivity index (χ2v) is 5.31. The summed E-state index contributed by atoms with van der Waals surface area (Å²) in [7, 11) is 1.58. The van der Waals surface area contributed by atoms with Crippen LogP contribution in [0.25, 0.3) is 21.5 Å². The molecule has 0 atom stereocenters. The number of rotatable bonds is 3. The summed E-state index contributed by atoms with van der Waals surface area (Å²) in [6.07, 6.45) is 1.52. The predicted molar refractivity (Wildman–Crippen MR) is 86.8 cm³/mol. The van der Waals surface area contributed by atoms with Gasteiger partial charge in [-0.3, -0.25) is 9.36 Å². The fourth-order valence-corrected chi connectivity index (χ4v) is 2.82. The first kappa shape index (κ1) is 14.4. The average Bonchev–Trinajstić information content (AvgIpc) is 2.99. The molecule has 0 saturated carbocycles. The Bertz CT molecular complexity index is 904. The van der Waals surface area contributed by atoms with Crippen LogP contribution in [0.1, 0.15) is 0 Å². The highest BCUT2D eigenvalue weighted by molar-refractivity contribution is 7.13. The second-order valence-electron chi connectivity index (χ2n) is 4.54. The molecule has 0 N–H and O–H groups in total. The molecule has 0 fully saturated rings. The molecule has 3 rings (SSSR count). The minimum Gasteiger partial charge on any atom is -0.372 e. The van der Waals surface area contributed by atoms with Crippen LogP contribution in [0, 0.1) is 11.8 Å². The van der Waals surface area contributed by atoms with Crippen LogP contribution in [0.2, 0.25) is 0 Å². The maximum absolute atomic E-state index is 12.4. The van der Waals surface area contributed by atoms with E-state index in [9.17, 15) is 4.79 Å². The summed E-state index contributed by atoms with van der Waals surface area (Å²) >= 11 is 1.17. The fourth-order valence-electron chi connectivity index (χ4n) is 2.02. The van der Waals surface area contributed by atoms with E-state index in [0.29, 0.717) is 23.4 Å². The lowest BCUT2D eigenvalue weighted by atomic mass is 10.1. The van der Waals surface area contributed by atoms with Gasteiger partial charge in [0.1, 0.15) is 22.5 Å². The molecule has 1 aromatic carbocycles. The minimum atomic E-state index is -0.114. The maximum atomic E-state index is 12.4. The Hall–Kier alpha value is -2.49. The number of nitrogens with zero attached hydrogens (tertiary/aromatic N) is 3. The summed E-state index contributed by atoms with van der Waals surface area (Å²) < 4.78 is 11.3. The van der Waals surface area contributed by atoms with Crippen molar-refractivity contribution in [2.75, 3.05) is 13.7 Å². The Morgan fingerprint density at radius 2 is 2.09 bits per heavy atom. The maximum Gasteiger partial charge on any atom is 0.273 e. The highest BCUT2D eigenvalue weighted by Crippen LogP contribution is 2.26. The molecule has 22 heavy (non-hydrogen) atoms. The van der Waals surface area contributed by atoms with Gasteiger partial charge in [0.05, 0.1) is 12.9 Å². The second kappa shape index (κ2) is 6.52. The predicted octanol–water partition coefficient (Wildman–Crippen LogP) is 2.17. The fraction of sp³-hybridized carbons (Fsp3) is 0.188. The van der Waals surface area contributed by atoms with Gasteiger partial charge in [0.25, 0.3) is 5.56 Å². The number of methoxy groups -OCH3 is 1. The van der Waals surface area contributed by atoms with Gasteiger partial charge in [-0.25, -0.2) is 4.98 Å². The number of fused-ring (bicyclic) bond motifs is 1. The molecule has 0 bridgehead atoms. The van der Waals surface area contributed by atoms with E-state index in [2.05, 4.69) is 21.2 Å². The summed E-state index contributed by atoms with van der Waals surface area (Å²) in [4.78, 5) is 16.8. The van der Waals surface area contributed by atoms with Crippen molar-refractivity contribution in [3.63, 3.8) is 0 Å². The number of ether oxygens (including phenoxy) is 1. The van der Waals surface area contributed by atoms with Crippen molar-refractivity contribution >= 4 is 21.7 Å². The molecule has 0 aliphatic carbocycles. The third-order valence-corrected chi connectivity index (χ3v) is 3.91. The van der Waals surface area contributed by atoms with E-state index in [1.54, 1.807) is 7.11 Å². The van der Waals surface area contributed by atoms with Crippen molar-refractivity contribution in [2.24, 2.45) is 0 Å². The minimum absolute atomic E-state index is 0.114. The molecule has 0 aliphatic heterocycles. The van der Waals surface area contributed by atoms with Gasteiger partial charge in [0.15, 0.2) is 0 Å². The van der Waals surface area contributed by atoms with E-state index in [-0.39, 0.29) is 5.56 Å². The van der Waals surface area contributed by atoms with Crippen molar-refractivity contribution in [1.82, 2.24) is 13.9 Å². The molecule has 0 aliphatic rings. The third-order valence-electron chi connectivity index (χ3n) is 3.09. The standard InChI is InChI=1S/C16H13N3O2S/c1-21-10-6-5-9-19-11-17-14-13(12-7-3-2-4-8-12)18-22-15(14)16(19)20/h2-4,7-8,11H,9-10H2,1H3. The lowest BCUT2D eigenvalue weighted by Gasteiger charge is -2.00. The highest BCUT2D eigenvalue weighted by Gasteiger charge is 2.13. The first-order chi connectivity index (χ1) is 10.8. The first-order valence-corrected chi connectivity index (χ1v) is 7.43. The van der Waals surface area contributed by atoms with Gasteiger partial charge in [-0.1, -0.05) is 42.2 Å². The molecule has 0 radical (unpaired) electrons. The number of hydrogen-bond acceptors (Lipinski definition) is 5. The van der Waals surface area contributed by atoms with Crippen molar-refractivity contribution in [3.05, 3.63) is 47.0 Å². The molecule has 3 aromatic rings. The summed E-state index contributed by atoms with van der Waals surface area (Å²) in [6.45, 7) is 0.646. The average molecular weight is 311 g/mol. The monoisotopic (exact) mass is 311 g/mol. The SMILES string of the molecule is COCC#CCn1cnc2c(-c3ccccc3)nsc2c1=O. The van der Waals surface area contributed by atoms with Gasteiger partial charge < -0.3 is 4.74 Å². The normalized spacial score (nSPS) is 10.4. The number of hydrogen-bond donors (Lipinski definition) is 0. The Morgan fingerprint density at radius 3 is 2.86 bits per heavy atom. The Labute approximate surface area is 131 Å². The zero-order chi connectivity index (χ0) is 15.4. The van der Waals surface area contributed by atoms with E-state index in [4.69, 9.17) is 4.74 Å². The quantitative estimate of drug-likeness (QED) is 0.696. The van der Waals surface area contributed by atoms with Crippen LogP contribution < -0.4 is 5.56 Å². The summed E-state index contributed by atoms with van der Waals surface area (Å²) in [5, 5.41) is 0. The van der Waals surface area contributed by atoms with Crippen molar-refractivity contribution in [1.29, 1.82) is 0 Å². The van der Waals surface area contributed by atoms with E-state index in [0.717, 1.165) is 11.3 Å². The molecule has 0 unspecified atom stereocenters. The molecule has 2 heterocycles. The molecule has 6 heteroatoms. The lowest BCUT2D eigenvalue weighted by molar-refractivity contribution is 0.239. The summed E-state index contributed by atoms with van der Waals surface area (Å²) in [6, 6.07) is 9.73. The lowest BCUT2D eigenvalue weighted by Crippen LogP contribution is -2.19. The molecule has 2 aromatic heterocycles. The molecule has 0 spiro atoms. The van der Waals surface area contributed by atoms with Gasteiger partial charge >= 0.3 is 0 Å². The van der Waals surface area contributed by atoms with Gasteiger partial charge in [0, 0.05) is 12.7 Å². The molecule has 0 saturated heterocycles. The first-order valence-electron chi connectivity index (χ1n) is 6.66. The zero-order valence-corrected chi connectivity index (χ0v) is 12.8. The van der Waals surface area contributed by atoms with E-state index < -0.39 is 0 Å². The van der Waals surface area contributed by atoms with Gasteiger partial charge in [-0.05, 0) is 11.5 Å². The van der Waals surface area contributed by atoms with Crippen LogP contribution in [0.5, 0.6) is 0 Å². The van der Waals surface area contributed by atoms with Crippen molar-refractivity contribution in [2.45, 2.75) is 6.54 Å². The van der Waals surface area contributed by atoms with Crippen LogP contribution in [0.3, 0.4) is 0 Å². The molecular weight excluding hydrogens is 298 g/mol. The van der Waals surface area contributed by atoms with Gasteiger partial charge in [-0.15, -0.1) is 0 Å². The van der Waals surface area contributed by atoms with Crippen LogP contribution in [-0.2, 0) is 11.3 Å². The zero-order valence-electron chi connectivity index (χ0n) is 11.9. The largest absolute Gasteiger partial charge is 0.372 e. The van der Waals surface area contributed by atoms with Crippen LogP contribution in [0.15, 0.2) is 41.5 Å². The van der Waals surface area contributed by atoms with Crippen LogP contribution in [-0.4, -0.2) is 27.6 Å². The highest BCUT2D eigenvalue weighted by atomic mass is 32.1. The molecule has 5 nitrogen and oxygen atoms in total. The van der Waals surface area contributed by atoms with E-state index in [1.165, 1.54) is 22.4 Å². The van der Waals surface area contributed by atoms with Gasteiger partial charge in [-0.2, -0.15) is 4.37 Å². The van der Waals surface area contributed by atoms with E-state index in [1.807, 2.05) is 30.3 Å². The van der Waals surface area contributed by atoms with Crippen molar-refractivity contribution in [3.8, 4) is 23.1 Å². The molecule has 110 valence electrons. The number of benzene rings is 1. The Kier molecular flexibility index (Phi) is 4.28. The topological polar surface area (TPSA) is 57.0 Å². The summed E-state index contributed by atoms with van der Waals surface area (Å²) in [5.41, 5.74) is 2.23. The summed E-state index contributed by atoms with van der Waals surface area (Å²) in [5.74, 6) is 5.70. The van der Waals surface area contributed by atoms with Crippen LogP contribution in [0.4, 0.5) is 0 Å². The molecular formula is C16H13N3O2S. The van der Waals surface area contributed by atoms with Crippen molar-refractivity contribution < 1.29 is 4.74 Å². The van der Waals surface area contributed by atoms with E-state index >= 15 is 0 Å².